The highest BCUT2D eigenvalue weighted by atomic mass is 16.5. The maximum atomic E-state index is 12.0. The summed E-state index contributed by atoms with van der Waals surface area (Å²) in [7, 11) is 1.46. The van der Waals surface area contributed by atoms with Crippen LogP contribution < -0.4 is 15.6 Å². The molecule has 1 heterocycles. The molecular formula is C16H19N3O4. The van der Waals surface area contributed by atoms with Crippen molar-refractivity contribution in [2.24, 2.45) is 0 Å². The molecule has 7 heteroatoms. The predicted octanol–water partition coefficient (Wildman–Crippen LogP) is 0.960. The number of methoxy groups -OCH3 is 1. The van der Waals surface area contributed by atoms with Gasteiger partial charge < -0.3 is 20.1 Å². The molecule has 0 fully saturated rings. The second kappa shape index (κ2) is 6.95. The fourth-order valence-electron chi connectivity index (χ4n) is 2.21. The topological polar surface area (TPSA) is 104 Å². The highest BCUT2D eigenvalue weighted by Gasteiger charge is 2.12. The third-order valence-electron chi connectivity index (χ3n) is 3.41. The Kier molecular flexibility index (Phi) is 5.00. The third-order valence-corrected chi connectivity index (χ3v) is 3.41. The maximum Gasteiger partial charge on any atom is 0.254 e. The number of carbonyl (C=O) groups excluding carboxylic acids is 1. The lowest BCUT2D eigenvalue weighted by atomic mass is 10.1. The molecule has 0 saturated carbocycles. The number of aromatic amines is 1. The SMILES string of the molecule is COc1cc(CNC(=O)Cc2c(C)nc(C)[nH]c2=O)ccc1O. The highest BCUT2D eigenvalue weighted by Crippen LogP contribution is 2.26. The molecule has 1 aromatic carbocycles. The molecule has 0 unspecified atom stereocenters. The number of phenols is 1. The first-order valence-electron chi connectivity index (χ1n) is 7.09. The minimum Gasteiger partial charge on any atom is -0.504 e. The Morgan fingerprint density at radius 1 is 1.39 bits per heavy atom. The average molecular weight is 317 g/mol. The first-order valence-corrected chi connectivity index (χ1v) is 7.09. The zero-order valence-electron chi connectivity index (χ0n) is 13.3. The molecule has 1 amide bonds. The van der Waals surface area contributed by atoms with Crippen LogP contribution in [0.15, 0.2) is 23.0 Å². The van der Waals surface area contributed by atoms with Crippen molar-refractivity contribution in [3.05, 3.63) is 51.2 Å². The van der Waals surface area contributed by atoms with E-state index < -0.39 is 0 Å². The van der Waals surface area contributed by atoms with Crippen LogP contribution in [0.2, 0.25) is 0 Å². The number of hydrogen-bond donors (Lipinski definition) is 3. The van der Waals surface area contributed by atoms with E-state index in [1.165, 1.54) is 13.2 Å². The molecule has 0 aliphatic carbocycles. The fraction of sp³-hybridized carbons (Fsp3) is 0.312. The lowest BCUT2D eigenvalue weighted by Gasteiger charge is -2.09. The van der Waals surface area contributed by atoms with Crippen molar-refractivity contribution in [1.82, 2.24) is 15.3 Å². The number of aryl methyl sites for hydroxylation is 2. The number of aromatic nitrogens is 2. The Morgan fingerprint density at radius 2 is 2.13 bits per heavy atom. The van der Waals surface area contributed by atoms with Crippen LogP contribution in [0.3, 0.4) is 0 Å². The van der Waals surface area contributed by atoms with Crippen molar-refractivity contribution in [2.75, 3.05) is 7.11 Å². The van der Waals surface area contributed by atoms with Crippen molar-refractivity contribution < 1.29 is 14.6 Å². The smallest absolute Gasteiger partial charge is 0.254 e. The number of phenolic OH excluding ortho intramolecular Hbond substituents is 1. The standard InChI is InChI=1S/C16H19N3O4/c1-9-12(16(22)19-10(2)18-9)7-15(21)17-8-11-4-5-13(20)14(6-11)23-3/h4-6,20H,7-8H2,1-3H3,(H,17,21)(H,18,19,22). The van der Waals surface area contributed by atoms with E-state index in [1.54, 1.807) is 26.0 Å². The molecule has 2 rings (SSSR count). The second-order valence-electron chi connectivity index (χ2n) is 5.18. The molecule has 23 heavy (non-hydrogen) atoms. The summed E-state index contributed by atoms with van der Waals surface area (Å²) in [4.78, 5) is 30.6. The lowest BCUT2D eigenvalue weighted by molar-refractivity contribution is -0.120. The van der Waals surface area contributed by atoms with Crippen LogP contribution >= 0.6 is 0 Å². The van der Waals surface area contributed by atoms with E-state index in [-0.39, 0.29) is 30.2 Å². The van der Waals surface area contributed by atoms with Crippen LogP contribution in [-0.2, 0) is 17.8 Å². The Hall–Kier alpha value is -2.83. The summed E-state index contributed by atoms with van der Waals surface area (Å²) in [6.45, 7) is 3.66. The summed E-state index contributed by atoms with van der Waals surface area (Å²) < 4.78 is 5.01. The average Bonchev–Trinajstić information content (AvgIpc) is 2.50. The number of H-pyrrole nitrogens is 1. The monoisotopic (exact) mass is 317 g/mol. The van der Waals surface area contributed by atoms with Crippen molar-refractivity contribution in [3.63, 3.8) is 0 Å². The first kappa shape index (κ1) is 16.5. The van der Waals surface area contributed by atoms with Gasteiger partial charge in [-0.15, -0.1) is 0 Å². The molecule has 122 valence electrons. The summed E-state index contributed by atoms with van der Waals surface area (Å²) >= 11 is 0. The number of hydrogen-bond acceptors (Lipinski definition) is 5. The van der Waals surface area contributed by atoms with Crippen LogP contribution in [0.25, 0.3) is 0 Å². The van der Waals surface area contributed by atoms with Gasteiger partial charge in [-0.3, -0.25) is 9.59 Å². The number of rotatable bonds is 5. The van der Waals surface area contributed by atoms with E-state index in [0.717, 1.165) is 5.56 Å². The molecule has 1 aromatic heterocycles. The van der Waals surface area contributed by atoms with E-state index in [2.05, 4.69) is 15.3 Å². The van der Waals surface area contributed by atoms with E-state index in [9.17, 15) is 14.7 Å². The molecule has 0 saturated heterocycles. The maximum absolute atomic E-state index is 12.0. The zero-order valence-corrected chi connectivity index (χ0v) is 13.3. The number of ether oxygens (including phenoxy) is 1. The normalized spacial score (nSPS) is 10.4. The minimum absolute atomic E-state index is 0.0375. The van der Waals surface area contributed by atoms with E-state index in [0.29, 0.717) is 22.8 Å². The van der Waals surface area contributed by atoms with Gasteiger partial charge in [0.1, 0.15) is 5.82 Å². The van der Waals surface area contributed by atoms with Crippen molar-refractivity contribution in [2.45, 2.75) is 26.8 Å². The molecular weight excluding hydrogens is 298 g/mol. The molecule has 7 nitrogen and oxygen atoms in total. The van der Waals surface area contributed by atoms with Crippen LogP contribution in [-0.4, -0.2) is 28.1 Å². The molecule has 3 N–H and O–H groups in total. The summed E-state index contributed by atoms with van der Waals surface area (Å²) in [5, 5.41) is 12.3. The fourth-order valence-corrected chi connectivity index (χ4v) is 2.21. The minimum atomic E-state index is -0.295. The Bertz CT molecular complexity index is 783. The van der Waals surface area contributed by atoms with Gasteiger partial charge in [0, 0.05) is 17.8 Å². The van der Waals surface area contributed by atoms with Crippen molar-refractivity contribution >= 4 is 5.91 Å². The summed E-state index contributed by atoms with van der Waals surface area (Å²) in [6.07, 6.45) is -0.0380. The number of benzene rings is 1. The van der Waals surface area contributed by atoms with E-state index >= 15 is 0 Å². The molecule has 0 radical (unpaired) electrons. The van der Waals surface area contributed by atoms with Gasteiger partial charge in [-0.05, 0) is 31.5 Å². The lowest BCUT2D eigenvalue weighted by Crippen LogP contribution is -2.29. The van der Waals surface area contributed by atoms with Gasteiger partial charge in [-0.1, -0.05) is 6.07 Å². The molecule has 0 spiro atoms. The number of nitrogens with zero attached hydrogens (tertiary/aromatic N) is 1. The predicted molar refractivity (Wildman–Crippen MR) is 84.5 cm³/mol. The summed E-state index contributed by atoms with van der Waals surface area (Å²) in [6, 6.07) is 4.82. The Morgan fingerprint density at radius 3 is 2.78 bits per heavy atom. The van der Waals surface area contributed by atoms with Gasteiger partial charge in [0.15, 0.2) is 11.5 Å². The van der Waals surface area contributed by atoms with E-state index in [4.69, 9.17) is 4.74 Å². The number of nitrogens with one attached hydrogen (secondary N) is 2. The van der Waals surface area contributed by atoms with Crippen molar-refractivity contribution in [3.8, 4) is 11.5 Å². The Balaban J connectivity index is 2.02. The zero-order chi connectivity index (χ0) is 17.0. The van der Waals surface area contributed by atoms with Crippen LogP contribution in [0.1, 0.15) is 22.6 Å². The molecule has 0 aliphatic rings. The second-order valence-corrected chi connectivity index (χ2v) is 5.18. The van der Waals surface area contributed by atoms with Crippen LogP contribution in [0, 0.1) is 13.8 Å². The van der Waals surface area contributed by atoms with Gasteiger partial charge >= 0.3 is 0 Å². The molecule has 0 bridgehead atoms. The van der Waals surface area contributed by atoms with Gasteiger partial charge in [0.2, 0.25) is 5.91 Å². The number of aromatic hydroxyl groups is 1. The van der Waals surface area contributed by atoms with Gasteiger partial charge in [-0.2, -0.15) is 0 Å². The molecule has 0 atom stereocenters. The largest absolute Gasteiger partial charge is 0.504 e. The molecule has 2 aromatic rings. The van der Waals surface area contributed by atoms with E-state index in [1.807, 2.05) is 0 Å². The third kappa shape index (κ3) is 4.09. The first-order chi connectivity index (χ1) is 10.9. The molecule has 0 aliphatic heterocycles. The summed E-state index contributed by atoms with van der Waals surface area (Å²) in [5.41, 5.74) is 1.39. The summed E-state index contributed by atoms with van der Waals surface area (Å²) in [5.74, 6) is 0.617. The number of carbonyl (C=O) groups is 1. The van der Waals surface area contributed by atoms with Gasteiger partial charge in [-0.25, -0.2) is 4.98 Å². The van der Waals surface area contributed by atoms with Gasteiger partial charge in [0.25, 0.3) is 5.56 Å². The van der Waals surface area contributed by atoms with Crippen molar-refractivity contribution in [1.29, 1.82) is 0 Å². The van der Waals surface area contributed by atoms with Crippen LogP contribution in [0.5, 0.6) is 11.5 Å². The quantitative estimate of drug-likeness (QED) is 0.762. The highest BCUT2D eigenvalue weighted by molar-refractivity contribution is 5.78. The number of amides is 1. The van der Waals surface area contributed by atoms with Crippen LogP contribution in [0.4, 0.5) is 0 Å². The Labute approximate surface area is 133 Å². The van der Waals surface area contributed by atoms with Gasteiger partial charge in [0.05, 0.1) is 13.5 Å².